The van der Waals surface area contributed by atoms with E-state index in [-0.39, 0.29) is 11.5 Å². The van der Waals surface area contributed by atoms with Gasteiger partial charge in [0, 0.05) is 36.0 Å². The van der Waals surface area contributed by atoms with E-state index < -0.39 is 0 Å². The maximum atomic E-state index is 12.0. The summed E-state index contributed by atoms with van der Waals surface area (Å²) >= 11 is 3.73. The molecule has 0 aromatic carbocycles. The molecule has 0 unspecified atom stereocenters. The fraction of sp³-hybridized carbons (Fsp3) is 0.571. The van der Waals surface area contributed by atoms with Crippen molar-refractivity contribution in [3.63, 3.8) is 0 Å². The van der Waals surface area contributed by atoms with Gasteiger partial charge in [-0.3, -0.25) is 9.67 Å². The van der Waals surface area contributed by atoms with Gasteiger partial charge in [0.1, 0.15) is 5.69 Å². The molecule has 0 N–H and O–H groups in total. The molecule has 1 amide bonds. The van der Waals surface area contributed by atoms with Gasteiger partial charge in [-0.05, 0) is 61.2 Å². The van der Waals surface area contributed by atoms with E-state index in [0.29, 0.717) is 12.6 Å². The van der Waals surface area contributed by atoms with E-state index in [0.717, 1.165) is 65.9 Å². The number of amides is 1. The molecule has 0 atom stereocenters. The Morgan fingerprint density at radius 2 is 2.11 bits per heavy atom. The van der Waals surface area contributed by atoms with Crippen LogP contribution in [0.4, 0.5) is 4.79 Å². The van der Waals surface area contributed by atoms with Gasteiger partial charge in [0.2, 0.25) is 0 Å². The zero-order valence-electron chi connectivity index (χ0n) is 16.7. The highest BCUT2D eigenvalue weighted by molar-refractivity contribution is 9.10. The number of carbonyl (C=O) groups excluding carboxylic acids is 1. The molecule has 2 aromatic rings. The summed E-state index contributed by atoms with van der Waals surface area (Å²) in [4.78, 5) is 18.3. The third-order valence-corrected chi connectivity index (χ3v) is 7.01. The van der Waals surface area contributed by atoms with Gasteiger partial charge < -0.3 is 9.64 Å². The molecule has 1 saturated heterocycles. The zero-order chi connectivity index (χ0) is 19.9. The van der Waals surface area contributed by atoms with Gasteiger partial charge in [-0.2, -0.15) is 5.10 Å². The van der Waals surface area contributed by atoms with Crippen LogP contribution in [0.5, 0.6) is 0 Å². The topological polar surface area (TPSA) is 60.2 Å². The predicted octanol–water partition coefficient (Wildman–Crippen LogP) is 4.90. The Morgan fingerprint density at radius 1 is 1.36 bits per heavy atom. The van der Waals surface area contributed by atoms with Gasteiger partial charge in [-0.15, -0.1) is 0 Å². The summed E-state index contributed by atoms with van der Waals surface area (Å²) in [5.41, 5.74) is 4.40. The number of pyridine rings is 1. The molecule has 2 fully saturated rings. The van der Waals surface area contributed by atoms with Crippen LogP contribution in [0.25, 0.3) is 11.3 Å². The van der Waals surface area contributed by atoms with E-state index in [2.05, 4.69) is 45.5 Å². The van der Waals surface area contributed by atoms with E-state index >= 15 is 0 Å². The van der Waals surface area contributed by atoms with Crippen LogP contribution in [0.15, 0.2) is 22.8 Å². The van der Waals surface area contributed by atoms with Crippen LogP contribution in [0.3, 0.4) is 0 Å². The second-order valence-corrected chi connectivity index (χ2v) is 9.01. The van der Waals surface area contributed by atoms with Crippen molar-refractivity contribution in [3.8, 4) is 11.3 Å². The van der Waals surface area contributed by atoms with Crippen molar-refractivity contribution in [3.05, 3.63) is 34.2 Å². The minimum atomic E-state index is -0.158. The van der Waals surface area contributed by atoms with Crippen molar-refractivity contribution in [2.24, 2.45) is 5.41 Å². The van der Waals surface area contributed by atoms with E-state index in [1.807, 2.05) is 24.1 Å². The number of halogens is 1. The highest BCUT2D eigenvalue weighted by Crippen LogP contribution is 2.54. The first kappa shape index (κ1) is 19.4. The van der Waals surface area contributed by atoms with Crippen molar-refractivity contribution < 1.29 is 9.53 Å². The Hall–Kier alpha value is -1.89. The molecule has 7 heteroatoms. The molecule has 1 aliphatic carbocycles. The fourth-order valence-corrected chi connectivity index (χ4v) is 4.89. The maximum absolute atomic E-state index is 12.0. The lowest BCUT2D eigenvalue weighted by atomic mass is 9.61. The third-order valence-electron chi connectivity index (χ3n) is 6.06. The average molecular weight is 447 g/mol. The van der Waals surface area contributed by atoms with Crippen molar-refractivity contribution in [1.29, 1.82) is 0 Å². The SMILES string of the molecule is CCCCOC(=O)N1CC2(CC(n3nc(-c4cccnc4C)c(Br)c3C)C2)C1. The van der Waals surface area contributed by atoms with E-state index in [1.54, 1.807) is 0 Å². The number of aromatic nitrogens is 3. The lowest BCUT2D eigenvalue weighted by Gasteiger charge is -2.58. The highest BCUT2D eigenvalue weighted by Gasteiger charge is 2.55. The lowest BCUT2D eigenvalue weighted by molar-refractivity contribution is -0.0825. The van der Waals surface area contributed by atoms with Crippen LogP contribution in [0.1, 0.15) is 50.0 Å². The number of nitrogens with zero attached hydrogens (tertiary/aromatic N) is 4. The number of hydrogen-bond donors (Lipinski definition) is 0. The number of rotatable bonds is 5. The van der Waals surface area contributed by atoms with Gasteiger partial charge in [-0.25, -0.2) is 4.79 Å². The summed E-state index contributed by atoms with van der Waals surface area (Å²) in [6.07, 6.45) is 5.74. The lowest BCUT2D eigenvalue weighted by Crippen LogP contribution is -2.64. The minimum Gasteiger partial charge on any atom is -0.449 e. The summed E-state index contributed by atoms with van der Waals surface area (Å²) in [6, 6.07) is 4.40. The van der Waals surface area contributed by atoms with Crippen molar-refractivity contribution >= 4 is 22.0 Å². The predicted molar refractivity (Wildman–Crippen MR) is 111 cm³/mol. The summed E-state index contributed by atoms with van der Waals surface area (Å²) < 4.78 is 8.51. The molecule has 2 aliphatic rings. The van der Waals surface area contributed by atoms with Gasteiger partial charge in [0.05, 0.1) is 22.8 Å². The van der Waals surface area contributed by atoms with E-state index in [1.165, 1.54) is 0 Å². The molecule has 28 heavy (non-hydrogen) atoms. The Labute approximate surface area is 174 Å². The van der Waals surface area contributed by atoms with Gasteiger partial charge in [-0.1, -0.05) is 13.3 Å². The second-order valence-electron chi connectivity index (χ2n) is 8.21. The van der Waals surface area contributed by atoms with Crippen LogP contribution in [-0.2, 0) is 4.74 Å². The highest BCUT2D eigenvalue weighted by atomic mass is 79.9. The smallest absolute Gasteiger partial charge is 0.409 e. The van der Waals surface area contributed by atoms with Crippen LogP contribution < -0.4 is 0 Å². The standard InChI is InChI=1S/C21H27BrN4O2/c1-4-5-9-28-20(27)25-12-21(13-25)10-16(11-21)26-15(3)18(22)19(24-26)17-7-6-8-23-14(17)2/h6-8,16H,4-5,9-13H2,1-3H3. The number of unbranched alkanes of at least 4 members (excludes halogenated alkanes) is 1. The second kappa shape index (κ2) is 7.50. The Balaban J connectivity index is 1.39. The van der Waals surface area contributed by atoms with Gasteiger partial charge >= 0.3 is 6.09 Å². The molecule has 4 rings (SSSR count). The Kier molecular flexibility index (Phi) is 5.21. The molecule has 2 aromatic heterocycles. The molecular formula is C21H27BrN4O2. The largest absolute Gasteiger partial charge is 0.449 e. The number of likely N-dealkylation sites (tertiary alicyclic amines) is 1. The summed E-state index contributed by atoms with van der Waals surface area (Å²) in [7, 11) is 0. The molecule has 0 bridgehead atoms. The van der Waals surface area contributed by atoms with E-state index in [4.69, 9.17) is 9.84 Å². The van der Waals surface area contributed by atoms with Crippen molar-refractivity contribution in [2.75, 3.05) is 19.7 Å². The molecule has 6 nitrogen and oxygen atoms in total. The number of ether oxygens (including phenoxy) is 1. The molecule has 1 spiro atoms. The van der Waals surface area contributed by atoms with Gasteiger partial charge in [0.15, 0.2) is 0 Å². The molecule has 0 radical (unpaired) electrons. The monoisotopic (exact) mass is 446 g/mol. The van der Waals surface area contributed by atoms with Crippen molar-refractivity contribution in [2.45, 2.75) is 52.5 Å². The number of aryl methyl sites for hydroxylation is 1. The summed E-state index contributed by atoms with van der Waals surface area (Å²) in [5.74, 6) is 0. The zero-order valence-corrected chi connectivity index (χ0v) is 18.3. The maximum Gasteiger partial charge on any atom is 0.409 e. The third kappa shape index (κ3) is 3.34. The molecule has 1 aliphatic heterocycles. The number of carbonyl (C=O) groups is 1. The average Bonchev–Trinajstić information content (AvgIpc) is 2.89. The normalized spacial score (nSPS) is 18.1. The van der Waals surface area contributed by atoms with Crippen LogP contribution >= 0.6 is 15.9 Å². The first-order valence-electron chi connectivity index (χ1n) is 10.0. The first-order valence-corrected chi connectivity index (χ1v) is 10.8. The van der Waals surface area contributed by atoms with Gasteiger partial charge in [0.25, 0.3) is 0 Å². The van der Waals surface area contributed by atoms with Crippen LogP contribution in [0.2, 0.25) is 0 Å². The quantitative estimate of drug-likeness (QED) is 0.612. The molecule has 3 heterocycles. The molecular weight excluding hydrogens is 420 g/mol. The number of hydrogen-bond acceptors (Lipinski definition) is 4. The minimum absolute atomic E-state index is 0.158. The van der Waals surface area contributed by atoms with Crippen LogP contribution in [-0.4, -0.2) is 45.5 Å². The summed E-state index contributed by atoms with van der Waals surface area (Å²) in [6.45, 7) is 8.36. The van der Waals surface area contributed by atoms with Crippen molar-refractivity contribution in [1.82, 2.24) is 19.7 Å². The Bertz CT molecular complexity index is 881. The van der Waals surface area contributed by atoms with Crippen LogP contribution in [0, 0.1) is 19.3 Å². The Morgan fingerprint density at radius 3 is 2.79 bits per heavy atom. The summed E-state index contributed by atoms with van der Waals surface area (Å²) in [5, 5.41) is 4.91. The molecule has 150 valence electrons. The molecule has 1 saturated carbocycles. The van der Waals surface area contributed by atoms with E-state index in [9.17, 15) is 4.79 Å². The first-order chi connectivity index (χ1) is 13.4. The fourth-order valence-electron chi connectivity index (χ4n) is 4.42.